The van der Waals surface area contributed by atoms with Crippen molar-refractivity contribution in [3.8, 4) is 0 Å². The number of H-pyrrole nitrogens is 1. The van der Waals surface area contributed by atoms with Crippen LogP contribution in [0.5, 0.6) is 0 Å². The van der Waals surface area contributed by atoms with Crippen molar-refractivity contribution in [2.45, 2.75) is 6.10 Å². The van der Waals surface area contributed by atoms with E-state index < -0.39 is 0 Å². The monoisotopic (exact) mass is 193 g/mol. The highest BCUT2D eigenvalue weighted by Gasteiger charge is 2.27. The molecule has 1 unspecified atom stereocenters. The van der Waals surface area contributed by atoms with Crippen LogP contribution in [0.15, 0.2) is 24.4 Å². The highest BCUT2D eigenvalue weighted by Crippen LogP contribution is 2.35. The summed E-state index contributed by atoms with van der Waals surface area (Å²) in [5.41, 5.74) is 2.32. The van der Waals surface area contributed by atoms with Gasteiger partial charge in [0.25, 0.3) is 0 Å². The lowest BCUT2D eigenvalue weighted by Gasteiger charge is -1.93. The van der Waals surface area contributed by atoms with Gasteiger partial charge in [0.05, 0.1) is 6.61 Å². The van der Waals surface area contributed by atoms with E-state index in [4.69, 9.17) is 16.3 Å². The number of benzene rings is 1. The number of aromatic nitrogens is 1. The van der Waals surface area contributed by atoms with Gasteiger partial charge in [-0.05, 0) is 12.1 Å². The standard InChI is InChI=1S/C10H8ClNO/c11-6-1-2-7-8(10-5-13-10)4-12-9(7)3-6/h1-4,10,12H,5H2. The molecule has 66 valence electrons. The average molecular weight is 194 g/mol. The van der Waals surface area contributed by atoms with Crippen LogP contribution in [0.2, 0.25) is 5.02 Å². The molecule has 1 atom stereocenters. The van der Waals surface area contributed by atoms with Crippen molar-refractivity contribution in [3.63, 3.8) is 0 Å². The summed E-state index contributed by atoms with van der Waals surface area (Å²) in [4.78, 5) is 3.19. The van der Waals surface area contributed by atoms with E-state index in [0.717, 1.165) is 17.1 Å². The molecule has 1 aliphatic rings. The first-order valence-electron chi connectivity index (χ1n) is 4.23. The number of hydrogen-bond acceptors (Lipinski definition) is 1. The fraction of sp³-hybridized carbons (Fsp3) is 0.200. The Morgan fingerprint density at radius 3 is 3.08 bits per heavy atom. The van der Waals surface area contributed by atoms with Crippen molar-refractivity contribution >= 4 is 22.5 Å². The number of epoxide rings is 1. The van der Waals surface area contributed by atoms with E-state index in [1.54, 1.807) is 0 Å². The van der Waals surface area contributed by atoms with Gasteiger partial charge >= 0.3 is 0 Å². The molecule has 13 heavy (non-hydrogen) atoms. The molecule has 1 saturated heterocycles. The first-order chi connectivity index (χ1) is 6.34. The van der Waals surface area contributed by atoms with E-state index in [1.807, 2.05) is 24.4 Å². The molecule has 3 heteroatoms. The number of rotatable bonds is 1. The van der Waals surface area contributed by atoms with Crippen LogP contribution >= 0.6 is 11.6 Å². The Hall–Kier alpha value is -0.990. The Labute approximate surface area is 80.5 Å². The van der Waals surface area contributed by atoms with Crippen molar-refractivity contribution in [2.75, 3.05) is 6.61 Å². The molecular formula is C10H8ClNO. The number of halogens is 1. The van der Waals surface area contributed by atoms with Gasteiger partial charge < -0.3 is 9.72 Å². The van der Waals surface area contributed by atoms with Gasteiger partial charge in [0.2, 0.25) is 0 Å². The topological polar surface area (TPSA) is 28.3 Å². The minimum atomic E-state index is 0.301. The number of ether oxygens (including phenoxy) is 1. The molecule has 0 spiro atoms. The van der Waals surface area contributed by atoms with Gasteiger partial charge in [0.15, 0.2) is 0 Å². The fourth-order valence-corrected chi connectivity index (χ4v) is 1.79. The van der Waals surface area contributed by atoms with Crippen LogP contribution in [-0.2, 0) is 4.74 Å². The molecule has 1 aromatic carbocycles. The lowest BCUT2D eigenvalue weighted by molar-refractivity contribution is 0.417. The molecule has 1 fully saturated rings. The third-order valence-corrected chi connectivity index (χ3v) is 2.59. The number of hydrogen-bond donors (Lipinski definition) is 1. The molecular weight excluding hydrogens is 186 g/mol. The summed E-state index contributed by atoms with van der Waals surface area (Å²) in [5, 5.41) is 1.98. The molecule has 3 rings (SSSR count). The lowest BCUT2D eigenvalue weighted by atomic mass is 10.1. The van der Waals surface area contributed by atoms with E-state index in [0.29, 0.717) is 6.10 Å². The summed E-state index contributed by atoms with van der Waals surface area (Å²) in [7, 11) is 0. The molecule has 2 heterocycles. The van der Waals surface area contributed by atoms with Gasteiger partial charge in [-0.3, -0.25) is 0 Å². The molecule has 0 amide bonds. The molecule has 0 aliphatic carbocycles. The Balaban J connectivity index is 2.26. The summed E-state index contributed by atoms with van der Waals surface area (Å²) in [6, 6.07) is 5.87. The third-order valence-electron chi connectivity index (χ3n) is 2.36. The Bertz CT molecular complexity index is 459. The maximum Gasteiger partial charge on any atom is 0.108 e. The van der Waals surface area contributed by atoms with Crippen molar-refractivity contribution in [1.29, 1.82) is 0 Å². The molecule has 1 aromatic heterocycles. The second-order valence-electron chi connectivity index (χ2n) is 3.26. The zero-order chi connectivity index (χ0) is 8.84. The molecule has 1 aliphatic heterocycles. The van der Waals surface area contributed by atoms with Gasteiger partial charge in [0.1, 0.15) is 6.10 Å². The van der Waals surface area contributed by atoms with E-state index in [1.165, 1.54) is 10.9 Å². The van der Waals surface area contributed by atoms with Crippen LogP contribution in [0.3, 0.4) is 0 Å². The molecule has 0 bridgehead atoms. The van der Waals surface area contributed by atoms with Crippen LogP contribution in [0.25, 0.3) is 10.9 Å². The quantitative estimate of drug-likeness (QED) is 0.694. The van der Waals surface area contributed by atoms with Crippen molar-refractivity contribution < 1.29 is 4.74 Å². The van der Waals surface area contributed by atoms with Crippen LogP contribution < -0.4 is 0 Å². The smallest absolute Gasteiger partial charge is 0.108 e. The van der Waals surface area contributed by atoms with E-state index >= 15 is 0 Å². The van der Waals surface area contributed by atoms with Crippen LogP contribution in [0, 0.1) is 0 Å². The lowest BCUT2D eigenvalue weighted by Crippen LogP contribution is -1.75. The summed E-state index contributed by atoms with van der Waals surface area (Å²) in [6.07, 6.45) is 2.30. The van der Waals surface area contributed by atoms with Crippen molar-refractivity contribution in [3.05, 3.63) is 35.0 Å². The minimum absolute atomic E-state index is 0.301. The van der Waals surface area contributed by atoms with E-state index in [9.17, 15) is 0 Å². The van der Waals surface area contributed by atoms with Gasteiger partial charge in [0, 0.05) is 27.7 Å². The first-order valence-corrected chi connectivity index (χ1v) is 4.60. The predicted octanol–water partition coefficient (Wildman–Crippen LogP) is 2.89. The van der Waals surface area contributed by atoms with Gasteiger partial charge in [-0.15, -0.1) is 0 Å². The van der Waals surface area contributed by atoms with Crippen LogP contribution in [0.4, 0.5) is 0 Å². The second-order valence-corrected chi connectivity index (χ2v) is 3.69. The highest BCUT2D eigenvalue weighted by atomic mass is 35.5. The van der Waals surface area contributed by atoms with Crippen molar-refractivity contribution in [1.82, 2.24) is 4.98 Å². The Kier molecular flexibility index (Phi) is 1.43. The summed E-state index contributed by atoms with van der Waals surface area (Å²) in [6.45, 7) is 0.843. The molecule has 0 radical (unpaired) electrons. The van der Waals surface area contributed by atoms with Crippen LogP contribution in [0.1, 0.15) is 11.7 Å². The van der Waals surface area contributed by atoms with E-state index in [2.05, 4.69) is 4.98 Å². The SMILES string of the molecule is Clc1ccc2c(C3CO3)c[nH]c2c1. The second kappa shape index (κ2) is 2.50. The summed E-state index contributed by atoms with van der Waals surface area (Å²) >= 11 is 5.87. The number of aromatic amines is 1. The molecule has 0 saturated carbocycles. The molecule has 2 nitrogen and oxygen atoms in total. The van der Waals surface area contributed by atoms with Gasteiger partial charge in [-0.25, -0.2) is 0 Å². The largest absolute Gasteiger partial charge is 0.368 e. The summed E-state index contributed by atoms with van der Waals surface area (Å²) in [5.74, 6) is 0. The van der Waals surface area contributed by atoms with Gasteiger partial charge in [-0.2, -0.15) is 0 Å². The zero-order valence-electron chi connectivity index (χ0n) is 6.88. The highest BCUT2D eigenvalue weighted by molar-refractivity contribution is 6.31. The Morgan fingerprint density at radius 2 is 2.31 bits per heavy atom. The molecule has 2 aromatic rings. The fourth-order valence-electron chi connectivity index (χ4n) is 1.61. The minimum Gasteiger partial charge on any atom is -0.368 e. The third kappa shape index (κ3) is 1.14. The van der Waals surface area contributed by atoms with E-state index in [-0.39, 0.29) is 0 Å². The Morgan fingerprint density at radius 1 is 1.46 bits per heavy atom. The zero-order valence-corrected chi connectivity index (χ0v) is 7.64. The van der Waals surface area contributed by atoms with Crippen molar-refractivity contribution in [2.24, 2.45) is 0 Å². The predicted molar refractivity (Wildman–Crippen MR) is 52.0 cm³/mol. The molecule has 1 N–H and O–H groups in total. The number of nitrogens with one attached hydrogen (secondary N) is 1. The first kappa shape index (κ1) is 7.42. The number of fused-ring (bicyclic) bond motifs is 1. The maximum absolute atomic E-state index is 5.87. The summed E-state index contributed by atoms with van der Waals surface area (Å²) < 4.78 is 5.24. The van der Waals surface area contributed by atoms with Crippen LogP contribution in [-0.4, -0.2) is 11.6 Å². The van der Waals surface area contributed by atoms with Gasteiger partial charge in [-0.1, -0.05) is 17.7 Å². The average Bonchev–Trinajstić information content (AvgIpc) is 2.87. The maximum atomic E-state index is 5.87. The normalized spacial score (nSPS) is 20.8.